The van der Waals surface area contributed by atoms with Crippen molar-refractivity contribution in [2.75, 3.05) is 10.6 Å². The van der Waals surface area contributed by atoms with Crippen LogP contribution in [-0.2, 0) is 0 Å². The van der Waals surface area contributed by atoms with Crippen LogP contribution in [0.2, 0.25) is 0 Å². The lowest BCUT2D eigenvalue weighted by Crippen LogP contribution is -2.14. The molecular formula is C24H18N4O3. The summed E-state index contributed by atoms with van der Waals surface area (Å²) in [4.78, 5) is 32.9. The molecule has 152 valence electrons. The fraction of sp³-hybridized carbons (Fsp3) is 0. The smallest absolute Gasteiger partial charge is 0.257 e. The van der Waals surface area contributed by atoms with E-state index in [1.807, 2.05) is 0 Å². The molecule has 0 fully saturated rings. The van der Waals surface area contributed by atoms with Gasteiger partial charge in [0.2, 0.25) is 0 Å². The molecule has 2 amide bonds. The maximum atomic E-state index is 12.7. The topological polar surface area (TPSA) is 93.2 Å². The van der Waals surface area contributed by atoms with Crippen LogP contribution in [0.3, 0.4) is 0 Å². The Morgan fingerprint density at radius 2 is 1.32 bits per heavy atom. The number of aromatic nitrogens is 2. The molecule has 7 nitrogen and oxygen atoms in total. The van der Waals surface area contributed by atoms with E-state index in [0.717, 1.165) is 0 Å². The molecule has 0 radical (unpaired) electrons. The maximum absolute atomic E-state index is 12.7. The average molecular weight is 410 g/mol. The molecular weight excluding hydrogens is 392 g/mol. The third kappa shape index (κ3) is 5.30. The Labute approximate surface area is 178 Å². The van der Waals surface area contributed by atoms with Crippen LogP contribution < -0.4 is 15.4 Å². The highest BCUT2D eigenvalue weighted by molar-refractivity contribution is 6.07. The summed E-state index contributed by atoms with van der Waals surface area (Å²) in [6.45, 7) is 0. The van der Waals surface area contributed by atoms with Gasteiger partial charge in [0.15, 0.2) is 0 Å². The Kier molecular flexibility index (Phi) is 5.95. The van der Waals surface area contributed by atoms with Gasteiger partial charge in [0.1, 0.15) is 11.5 Å². The van der Waals surface area contributed by atoms with Crippen LogP contribution in [-0.4, -0.2) is 21.8 Å². The fourth-order valence-electron chi connectivity index (χ4n) is 2.82. The summed E-state index contributed by atoms with van der Waals surface area (Å²) in [6.07, 6.45) is 6.35. The van der Waals surface area contributed by atoms with E-state index in [-0.39, 0.29) is 11.8 Å². The number of carbonyl (C=O) groups is 2. The zero-order chi connectivity index (χ0) is 21.5. The number of ether oxygens (including phenoxy) is 1. The molecule has 0 aliphatic heterocycles. The molecule has 2 aromatic heterocycles. The minimum Gasteiger partial charge on any atom is -0.457 e. The second-order valence-corrected chi connectivity index (χ2v) is 6.54. The van der Waals surface area contributed by atoms with Gasteiger partial charge >= 0.3 is 0 Å². The predicted molar refractivity (Wildman–Crippen MR) is 117 cm³/mol. The Balaban J connectivity index is 1.44. The number of nitrogens with one attached hydrogen (secondary N) is 2. The molecule has 0 atom stereocenters. The number of anilines is 2. The summed E-state index contributed by atoms with van der Waals surface area (Å²) in [5.41, 5.74) is 1.94. The fourth-order valence-corrected chi connectivity index (χ4v) is 2.82. The highest BCUT2D eigenvalue weighted by Gasteiger charge is 2.10. The molecule has 4 aromatic rings. The van der Waals surface area contributed by atoms with Gasteiger partial charge in [-0.15, -0.1) is 0 Å². The van der Waals surface area contributed by atoms with E-state index in [4.69, 9.17) is 4.74 Å². The second kappa shape index (κ2) is 9.32. The molecule has 2 heterocycles. The van der Waals surface area contributed by atoms with Gasteiger partial charge in [0.05, 0.1) is 5.56 Å². The van der Waals surface area contributed by atoms with Crippen molar-refractivity contribution < 1.29 is 14.3 Å². The number of benzene rings is 2. The summed E-state index contributed by atoms with van der Waals surface area (Å²) >= 11 is 0. The number of nitrogens with zero attached hydrogens (tertiary/aromatic N) is 2. The quantitative estimate of drug-likeness (QED) is 0.477. The number of hydrogen-bond donors (Lipinski definition) is 2. The van der Waals surface area contributed by atoms with Gasteiger partial charge in [-0.05, 0) is 54.6 Å². The zero-order valence-electron chi connectivity index (χ0n) is 16.4. The lowest BCUT2D eigenvalue weighted by molar-refractivity contribution is 0.101. The zero-order valence-corrected chi connectivity index (χ0v) is 16.4. The number of hydrogen-bond acceptors (Lipinski definition) is 5. The van der Waals surface area contributed by atoms with Crippen LogP contribution in [0.5, 0.6) is 11.5 Å². The molecule has 4 rings (SSSR count). The first-order valence-electron chi connectivity index (χ1n) is 9.48. The summed E-state index contributed by atoms with van der Waals surface area (Å²) in [5.74, 6) is 0.627. The van der Waals surface area contributed by atoms with Crippen molar-refractivity contribution in [3.05, 3.63) is 109 Å². The van der Waals surface area contributed by atoms with Crippen LogP contribution in [0.1, 0.15) is 20.7 Å². The van der Waals surface area contributed by atoms with Crippen LogP contribution in [0.4, 0.5) is 11.4 Å². The predicted octanol–water partition coefficient (Wildman–Crippen LogP) is 4.77. The van der Waals surface area contributed by atoms with Gasteiger partial charge in [-0.3, -0.25) is 19.6 Å². The van der Waals surface area contributed by atoms with Crippen LogP contribution >= 0.6 is 0 Å². The summed E-state index contributed by atoms with van der Waals surface area (Å²) in [5, 5.41) is 5.61. The van der Waals surface area contributed by atoms with Gasteiger partial charge in [-0.1, -0.05) is 12.1 Å². The first-order chi connectivity index (χ1) is 15.2. The van der Waals surface area contributed by atoms with Crippen molar-refractivity contribution in [1.82, 2.24) is 9.97 Å². The molecule has 0 spiro atoms. The molecule has 2 aromatic carbocycles. The minimum atomic E-state index is -0.307. The monoisotopic (exact) mass is 410 g/mol. The van der Waals surface area contributed by atoms with E-state index >= 15 is 0 Å². The van der Waals surface area contributed by atoms with E-state index in [1.54, 1.807) is 91.4 Å². The third-order valence-electron chi connectivity index (χ3n) is 4.28. The lowest BCUT2D eigenvalue weighted by atomic mass is 10.1. The van der Waals surface area contributed by atoms with Crippen LogP contribution in [0.25, 0.3) is 0 Å². The summed E-state index contributed by atoms with van der Waals surface area (Å²) < 4.78 is 5.77. The molecule has 0 aliphatic rings. The molecule has 0 bridgehead atoms. The van der Waals surface area contributed by atoms with Crippen LogP contribution in [0.15, 0.2) is 97.6 Å². The second-order valence-electron chi connectivity index (χ2n) is 6.54. The molecule has 0 aliphatic carbocycles. The van der Waals surface area contributed by atoms with Crippen molar-refractivity contribution >= 4 is 23.2 Å². The number of rotatable bonds is 6. The number of carbonyl (C=O) groups excluding carboxylic acids is 2. The molecule has 0 saturated heterocycles. The molecule has 0 unspecified atom stereocenters. The normalized spacial score (nSPS) is 10.2. The lowest BCUT2D eigenvalue weighted by Gasteiger charge is -2.10. The van der Waals surface area contributed by atoms with Gasteiger partial charge in [-0.25, -0.2) is 0 Å². The van der Waals surface area contributed by atoms with Gasteiger partial charge in [-0.2, -0.15) is 0 Å². The van der Waals surface area contributed by atoms with Gasteiger partial charge < -0.3 is 15.4 Å². The van der Waals surface area contributed by atoms with Crippen molar-refractivity contribution in [3.8, 4) is 11.5 Å². The van der Waals surface area contributed by atoms with E-state index in [1.165, 1.54) is 6.20 Å². The summed E-state index contributed by atoms with van der Waals surface area (Å²) in [6, 6.07) is 20.6. The van der Waals surface area contributed by atoms with Crippen molar-refractivity contribution in [2.45, 2.75) is 0 Å². The Morgan fingerprint density at radius 3 is 2.06 bits per heavy atom. The SMILES string of the molecule is O=C(Nc1cccc(C(=O)Nc2cccc(Oc3ccncc3)c2)c1)c1cccnc1. The largest absolute Gasteiger partial charge is 0.457 e. The van der Waals surface area contributed by atoms with Crippen molar-refractivity contribution in [1.29, 1.82) is 0 Å². The van der Waals surface area contributed by atoms with Gasteiger partial charge in [0, 0.05) is 47.8 Å². The van der Waals surface area contributed by atoms with Crippen LogP contribution in [0, 0.1) is 0 Å². The van der Waals surface area contributed by atoms with E-state index < -0.39 is 0 Å². The molecule has 31 heavy (non-hydrogen) atoms. The molecule has 0 saturated carbocycles. The first-order valence-corrected chi connectivity index (χ1v) is 9.48. The van der Waals surface area contributed by atoms with E-state index in [2.05, 4.69) is 20.6 Å². The average Bonchev–Trinajstić information content (AvgIpc) is 2.81. The van der Waals surface area contributed by atoms with Crippen molar-refractivity contribution in [3.63, 3.8) is 0 Å². The van der Waals surface area contributed by atoms with Crippen molar-refractivity contribution in [2.24, 2.45) is 0 Å². The van der Waals surface area contributed by atoms with E-state index in [9.17, 15) is 9.59 Å². The number of amides is 2. The Bertz CT molecular complexity index is 1200. The number of pyridine rings is 2. The molecule has 7 heteroatoms. The summed E-state index contributed by atoms with van der Waals surface area (Å²) in [7, 11) is 0. The van der Waals surface area contributed by atoms with Gasteiger partial charge in [0.25, 0.3) is 11.8 Å². The third-order valence-corrected chi connectivity index (χ3v) is 4.28. The standard InChI is InChI=1S/C24H18N4O3/c29-23(28-20-7-2-8-22(15-20)31-21-9-12-25-13-10-21)17-4-1-6-19(14-17)27-24(30)18-5-3-11-26-16-18/h1-16H,(H,27,30)(H,28,29). The van der Waals surface area contributed by atoms with E-state index in [0.29, 0.717) is 34.0 Å². The maximum Gasteiger partial charge on any atom is 0.257 e. The molecule has 2 N–H and O–H groups in total. The first kappa shape index (κ1) is 19.8. The highest BCUT2D eigenvalue weighted by atomic mass is 16.5. The Hall–Kier alpha value is -4.52. The highest BCUT2D eigenvalue weighted by Crippen LogP contribution is 2.24. The minimum absolute atomic E-state index is 0.299. The Morgan fingerprint density at radius 1 is 0.645 bits per heavy atom.